The largest absolute Gasteiger partial charge is 0.451 e. The van der Waals surface area contributed by atoms with Gasteiger partial charge in [0, 0.05) is 30.3 Å². The molecule has 2 aromatic carbocycles. The van der Waals surface area contributed by atoms with Gasteiger partial charge in [-0.05, 0) is 49.2 Å². The van der Waals surface area contributed by atoms with Gasteiger partial charge in [-0.1, -0.05) is 41.9 Å². The van der Waals surface area contributed by atoms with Gasteiger partial charge >= 0.3 is 0 Å². The molecule has 4 rings (SSSR count). The molecule has 6 heteroatoms. The summed E-state index contributed by atoms with van der Waals surface area (Å²) in [5.74, 6) is 0.588. The minimum atomic E-state index is -0.162. The van der Waals surface area contributed by atoms with Gasteiger partial charge in [0.2, 0.25) is 5.91 Å². The number of likely N-dealkylation sites (tertiary alicyclic amines) is 1. The van der Waals surface area contributed by atoms with E-state index in [0.717, 1.165) is 11.3 Å². The standard InChI is InChI=1S/C23H21ClN2O3/c24-19-9-5-4-8-18(19)20-10-11-21(29-20)23(28)26-14-12-16(13-15-26)22(27)25-17-6-2-1-3-7-17/h1-11,16H,12-15H2,(H,25,27). The Morgan fingerprint density at radius 2 is 1.62 bits per heavy atom. The van der Waals surface area contributed by atoms with Crippen LogP contribution in [0.15, 0.2) is 71.1 Å². The van der Waals surface area contributed by atoms with Crippen LogP contribution in [0.2, 0.25) is 5.02 Å². The highest BCUT2D eigenvalue weighted by molar-refractivity contribution is 6.33. The van der Waals surface area contributed by atoms with Crippen molar-refractivity contribution in [2.24, 2.45) is 5.92 Å². The quantitative estimate of drug-likeness (QED) is 0.653. The molecule has 0 saturated carbocycles. The van der Waals surface area contributed by atoms with E-state index >= 15 is 0 Å². The zero-order valence-corrected chi connectivity index (χ0v) is 16.6. The number of carbonyl (C=O) groups excluding carboxylic acids is 2. The van der Waals surface area contributed by atoms with Gasteiger partial charge in [0.15, 0.2) is 5.76 Å². The summed E-state index contributed by atoms with van der Waals surface area (Å²) in [4.78, 5) is 27.0. The van der Waals surface area contributed by atoms with E-state index in [1.54, 1.807) is 23.1 Å². The molecule has 29 heavy (non-hydrogen) atoms. The van der Waals surface area contributed by atoms with E-state index in [4.69, 9.17) is 16.0 Å². The number of rotatable bonds is 4. The summed E-state index contributed by atoms with van der Waals surface area (Å²) in [5.41, 5.74) is 1.54. The van der Waals surface area contributed by atoms with Crippen LogP contribution < -0.4 is 5.32 Å². The number of hydrogen-bond donors (Lipinski definition) is 1. The van der Waals surface area contributed by atoms with E-state index in [9.17, 15) is 9.59 Å². The predicted molar refractivity (Wildman–Crippen MR) is 113 cm³/mol. The first-order chi connectivity index (χ1) is 14.1. The Balaban J connectivity index is 1.36. The van der Waals surface area contributed by atoms with Crippen molar-refractivity contribution < 1.29 is 14.0 Å². The molecule has 0 bridgehead atoms. The molecule has 0 radical (unpaired) electrons. The maximum atomic E-state index is 12.8. The molecule has 1 saturated heterocycles. The zero-order chi connectivity index (χ0) is 20.2. The SMILES string of the molecule is O=C(Nc1ccccc1)C1CCN(C(=O)c2ccc(-c3ccccc3Cl)o2)CC1. The third-order valence-electron chi connectivity index (χ3n) is 5.15. The molecule has 1 aliphatic heterocycles. The Labute approximate surface area is 174 Å². The summed E-state index contributed by atoms with van der Waals surface area (Å²) >= 11 is 6.21. The van der Waals surface area contributed by atoms with Crippen LogP contribution in [0.5, 0.6) is 0 Å². The molecule has 1 fully saturated rings. The highest BCUT2D eigenvalue weighted by Gasteiger charge is 2.29. The van der Waals surface area contributed by atoms with Crippen molar-refractivity contribution in [3.8, 4) is 11.3 Å². The van der Waals surface area contributed by atoms with E-state index in [2.05, 4.69) is 5.32 Å². The Bertz CT molecular complexity index is 1010. The number of halogens is 1. The fourth-order valence-corrected chi connectivity index (χ4v) is 3.75. The number of furan rings is 1. The van der Waals surface area contributed by atoms with Gasteiger partial charge in [0.1, 0.15) is 5.76 Å². The van der Waals surface area contributed by atoms with Gasteiger partial charge in [0.05, 0.1) is 5.02 Å². The fourth-order valence-electron chi connectivity index (χ4n) is 3.53. The van der Waals surface area contributed by atoms with Crippen molar-refractivity contribution in [2.75, 3.05) is 18.4 Å². The summed E-state index contributed by atoms with van der Waals surface area (Å²) in [5, 5.41) is 3.52. The number of nitrogens with zero attached hydrogens (tertiary/aromatic N) is 1. The fraction of sp³-hybridized carbons (Fsp3) is 0.217. The average molecular weight is 409 g/mol. The first kappa shape index (κ1) is 19.3. The molecule has 5 nitrogen and oxygen atoms in total. The monoisotopic (exact) mass is 408 g/mol. The number of piperidine rings is 1. The lowest BCUT2D eigenvalue weighted by Crippen LogP contribution is -2.41. The van der Waals surface area contributed by atoms with Gasteiger partial charge in [0.25, 0.3) is 5.91 Å². The highest BCUT2D eigenvalue weighted by Crippen LogP contribution is 2.30. The third-order valence-corrected chi connectivity index (χ3v) is 5.48. The van der Waals surface area contributed by atoms with Gasteiger partial charge in [-0.3, -0.25) is 9.59 Å². The second kappa shape index (κ2) is 8.53. The van der Waals surface area contributed by atoms with Gasteiger partial charge in [-0.2, -0.15) is 0 Å². The minimum Gasteiger partial charge on any atom is -0.451 e. The topological polar surface area (TPSA) is 62.6 Å². The lowest BCUT2D eigenvalue weighted by atomic mass is 9.95. The molecule has 0 atom stereocenters. The summed E-state index contributed by atoms with van der Waals surface area (Å²) in [6, 6.07) is 20.2. The lowest BCUT2D eigenvalue weighted by Gasteiger charge is -2.30. The maximum Gasteiger partial charge on any atom is 0.289 e. The number of carbonyl (C=O) groups is 2. The molecular weight excluding hydrogens is 388 g/mol. The van der Waals surface area contributed by atoms with Crippen molar-refractivity contribution >= 4 is 29.1 Å². The Morgan fingerprint density at radius 3 is 2.34 bits per heavy atom. The molecule has 2 heterocycles. The van der Waals surface area contributed by atoms with Crippen LogP contribution >= 0.6 is 11.6 Å². The average Bonchev–Trinajstić information content (AvgIpc) is 3.24. The predicted octanol–water partition coefficient (Wildman–Crippen LogP) is 5.09. The first-order valence-corrected chi connectivity index (χ1v) is 9.99. The summed E-state index contributed by atoms with van der Waals surface area (Å²) in [6.45, 7) is 1.04. The molecule has 0 aliphatic carbocycles. The van der Waals surface area contributed by atoms with Crippen molar-refractivity contribution in [1.29, 1.82) is 0 Å². The van der Waals surface area contributed by atoms with Crippen LogP contribution in [0.25, 0.3) is 11.3 Å². The van der Waals surface area contributed by atoms with E-state index in [0.29, 0.717) is 36.7 Å². The van der Waals surface area contributed by atoms with E-state index in [1.807, 2.05) is 48.5 Å². The van der Waals surface area contributed by atoms with Gasteiger partial charge in [-0.15, -0.1) is 0 Å². The second-order valence-electron chi connectivity index (χ2n) is 7.07. The van der Waals surface area contributed by atoms with Crippen LogP contribution in [0, 0.1) is 5.92 Å². The van der Waals surface area contributed by atoms with Crippen LogP contribution in [0.1, 0.15) is 23.4 Å². The Morgan fingerprint density at radius 1 is 0.931 bits per heavy atom. The van der Waals surface area contributed by atoms with Crippen molar-refractivity contribution in [2.45, 2.75) is 12.8 Å². The molecular formula is C23H21ClN2O3. The second-order valence-corrected chi connectivity index (χ2v) is 7.47. The summed E-state index contributed by atoms with van der Waals surface area (Å²) < 4.78 is 5.76. The third kappa shape index (κ3) is 4.35. The number of anilines is 1. The van der Waals surface area contributed by atoms with E-state index < -0.39 is 0 Å². The molecule has 0 spiro atoms. The number of amides is 2. The molecule has 1 aromatic heterocycles. The zero-order valence-electron chi connectivity index (χ0n) is 15.8. The lowest BCUT2D eigenvalue weighted by molar-refractivity contribution is -0.121. The smallest absolute Gasteiger partial charge is 0.289 e. The van der Waals surface area contributed by atoms with Crippen LogP contribution in [0.4, 0.5) is 5.69 Å². The summed E-state index contributed by atoms with van der Waals surface area (Å²) in [7, 11) is 0. The van der Waals surface area contributed by atoms with Crippen LogP contribution in [-0.4, -0.2) is 29.8 Å². The molecule has 1 aliphatic rings. The van der Waals surface area contributed by atoms with Crippen molar-refractivity contribution in [1.82, 2.24) is 4.90 Å². The van der Waals surface area contributed by atoms with Crippen LogP contribution in [-0.2, 0) is 4.79 Å². The van der Waals surface area contributed by atoms with E-state index in [-0.39, 0.29) is 23.5 Å². The molecule has 2 amide bonds. The van der Waals surface area contributed by atoms with Crippen LogP contribution in [0.3, 0.4) is 0 Å². The Kier molecular flexibility index (Phi) is 5.67. The minimum absolute atomic E-state index is 0.00213. The van der Waals surface area contributed by atoms with Crippen molar-refractivity contribution in [3.63, 3.8) is 0 Å². The van der Waals surface area contributed by atoms with Crippen molar-refractivity contribution in [3.05, 3.63) is 77.5 Å². The first-order valence-electron chi connectivity index (χ1n) is 9.62. The molecule has 3 aromatic rings. The summed E-state index contributed by atoms with van der Waals surface area (Å²) in [6.07, 6.45) is 1.25. The number of benzene rings is 2. The normalized spacial score (nSPS) is 14.6. The highest BCUT2D eigenvalue weighted by atomic mass is 35.5. The number of hydrogen-bond acceptors (Lipinski definition) is 3. The van der Waals surface area contributed by atoms with Gasteiger partial charge in [-0.25, -0.2) is 0 Å². The van der Waals surface area contributed by atoms with Gasteiger partial charge < -0.3 is 14.6 Å². The molecule has 148 valence electrons. The molecule has 1 N–H and O–H groups in total. The Hall–Kier alpha value is -3.05. The number of nitrogens with one attached hydrogen (secondary N) is 1. The van der Waals surface area contributed by atoms with E-state index in [1.165, 1.54) is 0 Å². The molecule has 0 unspecified atom stereocenters. The maximum absolute atomic E-state index is 12.8. The number of para-hydroxylation sites is 1.